The SMILES string of the molecule is Nc1c(Cl)cc([N+](=O)[O-])cc1Cl.O=[N+]([O-])c1c(Cl)c(Cl)c(Cl)c(Cl)c1Cl. The van der Waals surface area contributed by atoms with Gasteiger partial charge in [0.1, 0.15) is 10.0 Å². The Hall–Kier alpha value is -0.930. The lowest BCUT2D eigenvalue weighted by Gasteiger charge is -2.05. The summed E-state index contributed by atoms with van der Waals surface area (Å²) in [7, 11) is 0. The Balaban J connectivity index is 0.000000263. The van der Waals surface area contributed by atoms with Crippen LogP contribution in [0.3, 0.4) is 0 Å². The molecule has 0 saturated carbocycles. The molecule has 0 atom stereocenters. The molecule has 7 nitrogen and oxygen atoms in total. The number of halogens is 7. The predicted molar refractivity (Wildman–Crippen MR) is 106 cm³/mol. The van der Waals surface area contributed by atoms with E-state index in [4.69, 9.17) is 86.9 Å². The molecular formula is C12H4Cl7N3O4. The summed E-state index contributed by atoms with van der Waals surface area (Å²) in [4.78, 5) is 19.4. The average Bonchev–Trinajstić information content (AvgIpc) is 2.56. The molecule has 2 aromatic carbocycles. The fraction of sp³-hybridized carbons (Fsp3) is 0. The number of benzene rings is 2. The monoisotopic (exact) mass is 499 g/mol. The molecule has 0 spiro atoms. The second-order valence-electron chi connectivity index (χ2n) is 4.26. The van der Waals surface area contributed by atoms with E-state index in [2.05, 4.69) is 0 Å². The van der Waals surface area contributed by atoms with Crippen molar-refractivity contribution in [3.8, 4) is 0 Å². The third-order valence-electron chi connectivity index (χ3n) is 2.64. The summed E-state index contributed by atoms with van der Waals surface area (Å²) < 4.78 is 0. The summed E-state index contributed by atoms with van der Waals surface area (Å²) in [5, 5.41) is 19.9. The van der Waals surface area contributed by atoms with Gasteiger partial charge in [-0.3, -0.25) is 20.2 Å². The van der Waals surface area contributed by atoms with Crippen LogP contribution in [0.5, 0.6) is 0 Å². The van der Waals surface area contributed by atoms with Crippen molar-refractivity contribution in [3.05, 3.63) is 67.5 Å². The van der Waals surface area contributed by atoms with Gasteiger partial charge in [-0.25, -0.2) is 0 Å². The zero-order valence-corrected chi connectivity index (χ0v) is 17.2. The van der Waals surface area contributed by atoms with Crippen LogP contribution in [0, 0.1) is 20.2 Å². The maximum absolute atomic E-state index is 10.5. The van der Waals surface area contributed by atoms with Crippen molar-refractivity contribution in [1.82, 2.24) is 0 Å². The maximum Gasteiger partial charge on any atom is 0.309 e. The van der Waals surface area contributed by atoms with Crippen molar-refractivity contribution >= 4 is 98.3 Å². The van der Waals surface area contributed by atoms with Gasteiger partial charge >= 0.3 is 5.69 Å². The highest BCUT2D eigenvalue weighted by Crippen LogP contribution is 2.47. The van der Waals surface area contributed by atoms with Crippen LogP contribution in [0.15, 0.2) is 12.1 Å². The van der Waals surface area contributed by atoms with Gasteiger partial charge in [-0.15, -0.1) is 0 Å². The van der Waals surface area contributed by atoms with Gasteiger partial charge in [0.05, 0.1) is 40.6 Å². The molecule has 0 aromatic heterocycles. The summed E-state index contributed by atoms with van der Waals surface area (Å²) in [6.45, 7) is 0. The van der Waals surface area contributed by atoms with Crippen LogP contribution in [0.2, 0.25) is 35.2 Å². The Bertz CT molecular complexity index is 855. The van der Waals surface area contributed by atoms with Gasteiger partial charge in [0.15, 0.2) is 0 Å². The first-order valence-corrected chi connectivity index (χ1v) is 8.59. The van der Waals surface area contributed by atoms with Crippen molar-refractivity contribution in [3.63, 3.8) is 0 Å². The molecule has 0 bridgehead atoms. The normalized spacial score (nSPS) is 10.1. The van der Waals surface area contributed by atoms with E-state index < -0.39 is 15.5 Å². The second-order valence-corrected chi connectivity index (χ2v) is 6.96. The van der Waals surface area contributed by atoms with Crippen LogP contribution in [-0.2, 0) is 0 Å². The molecule has 0 unspecified atom stereocenters. The summed E-state index contributed by atoms with van der Waals surface area (Å²) in [5.41, 5.74) is 4.81. The van der Waals surface area contributed by atoms with E-state index in [0.717, 1.165) is 12.1 Å². The van der Waals surface area contributed by atoms with Gasteiger partial charge in [0, 0.05) is 12.1 Å². The molecule has 2 aromatic rings. The molecule has 14 heteroatoms. The number of nitro groups is 2. The van der Waals surface area contributed by atoms with E-state index in [1.54, 1.807) is 0 Å². The van der Waals surface area contributed by atoms with Crippen molar-refractivity contribution in [2.45, 2.75) is 0 Å². The van der Waals surface area contributed by atoms with E-state index in [1.807, 2.05) is 0 Å². The quantitative estimate of drug-likeness (QED) is 0.152. The predicted octanol–water partition coefficient (Wildman–Crippen LogP) is 7.35. The zero-order chi connectivity index (χ0) is 20.3. The Morgan fingerprint density at radius 1 is 0.692 bits per heavy atom. The van der Waals surface area contributed by atoms with Crippen molar-refractivity contribution in [2.24, 2.45) is 0 Å². The lowest BCUT2D eigenvalue weighted by Crippen LogP contribution is -1.92. The molecule has 0 saturated heterocycles. The van der Waals surface area contributed by atoms with Crippen LogP contribution in [0.4, 0.5) is 17.1 Å². The number of nitrogen functional groups attached to an aromatic ring is 1. The molecule has 0 fully saturated rings. The Morgan fingerprint density at radius 3 is 1.35 bits per heavy atom. The lowest BCUT2D eigenvalue weighted by atomic mass is 10.3. The molecule has 26 heavy (non-hydrogen) atoms. The Labute approximate surface area is 180 Å². The molecule has 140 valence electrons. The lowest BCUT2D eigenvalue weighted by molar-refractivity contribution is -0.384. The van der Waals surface area contributed by atoms with Crippen molar-refractivity contribution in [2.75, 3.05) is 5.73 Å². The number of nitrogens with two attached hydrogens (primary N) is 1. The average molecular weight is 502 g/mol. The minimum absolute atomic E-state index is 0.0919. The van der Waals surface area contributed by atoms with Crippen LogP contribution in [0.1, 0.15) is 0 Å². The van der Waals surface area contributed by atoms with Gasteiger partial charge in [-0.2, -0.15) is 0 Å². The first kappa shape index (κ1) is 23.1. The van der Waals surface area contributed by atoms with Crippen molar-refractivity contribution in [1.29, 1.82) is 0 Å². The van der Waals surface area contributed by atoms with E-state index in [9.17, 15) is 20.2 Å². The number of hydrogen-bond donors (Lipinski definition) is 1. The summed E-state index contributed by atoms with van der Waals surface area (Å²) in [6, 6.07) is 2.31. The number of nitro benzene ring substituents is 2. The first-order chi connectivity index (χ1) is 11.9. The minimum Gasteiger partial charge on any atom is -0.396 e. The smallest absolute Gasteiger partial charge is 0.309 e. The van der Waals surface area contributed by atoms with Crippen LogP contribution < -0.4 is 5.73 Å². The van der Waals surface area contributed by atoms with E-state index >= 15 is 0 Å². The number of non-ortho nitro benzene ring substituents is 1. The van der Waals surface area contributed by atoms with Gasteiger partial charge in [-0.1, -0.05) is 81.2 Å². The molecule has 0 heterocycles. The Kier molecular flexibility index (Phi) is 8.29. The molecular weight excluding hydrogens is 498 g/mol. The third kappa shape index (κ3) is 5.07. The van der Waals surface area contributed by atoms with Gasteiger partial charge < -0.3 is 5.73 Å². The molecule has 0 radical (unpaired) electrons. The van der Waals surface area contributed by atoms with Crippen LogP contribution >= 0.6 is 81.2 Å². The fourth-order valence-corrected chi connectivity index (χ4v) is 3.17. The van der Waals surface area contributed by atoms with Gasteiger partial charge in [-0.05, 0) is 0 Å². The summed E-state index contributed by atoms with van der Waals surface area (Å²) >= 11 is 39.0. The summed E-state index contributed by atoms with van der Waals surface area (Å²) in [5.74, 6) is 0. The van der Waals surface area contributed by atoms with E-state index in [-0.39, 0.29) is 46.5 Å². The van der Waals surface area contributed by atoms with Crippen molar-refractivity contribution < 1.29 is 9.85 Å². The number of rotatable bonds is 2. The highest BCUT2D eigenvalue weighted by atomic mass is 35.5. The second kappa shape index (κ2) is 9.32. The molecule has 0 aliphatic heterocycles. The highest BCUT2D eigenvalue weighted by molar-refractivity contribution is 6.56. The highest BCUT2D eigenvalue weighted by Gasteiger charge is 2.27. The molecule has 2 N–H and O–H groups in total. The van der Waals surface area contributed by atoms with E-state index in [1.165, 1.54) is 0 Å². The molecule has 0 aliphatic rings. The largest absolute Gasteiger partial charge is 0.396 e. The van der Waals surface area contributed by atoms with Crippen LogP contribution in [0.25, 0.3) is 0 Å². The number of anilines is 1. The fourth-order valence-electron chi connectivity index (χ4n) is 1.43. The zero-order valence-electron chi connectivity index (χ0n) is 11.9. The Morgan fingerprint density at radius 2 is 1.04 bits per heavy atom. The molecule has 0 aliphatic carbocycles. The van der Waals surface area contributed by atoms with E-state index in [0.29, 0.717) is 0 Å². The number of nitrogens with zero attached hydrogens (tertiary/aromatic N) is 2. The molecule has 0 amide bonds. The summed E-state index contributed by atoms with van der Waals surface area (Å²) in [6.07, 6.45) is 0. The number of hydrogen-bond acceptors (Lipinski definition) is 5. The molecule has 2 rings (SSSR count). The van der Waals surface area contributed by atoms with Gasteiger partial charge in [0.2, 0.25) is 0 Å². The topological polar surface area (TPSA) is 112 Å². The first-order valence-electron chi connectivity index (χ1n) is 5.94. The van der Waals surface area contributed by atoms with Crippen LogP contribution in [-0.4, -0.2) is 9.85 Å². The maximum atomic E-state index is 10.5. The standard InChI is InChI=1S/C6Cl5NO2.C6H4Cl2N2O2/c7-1-2(8)4(10)6(12(13)14)5(11)3(1)9;7-4-1-3(10(11)12)2-5(8)6(4)9/h;1-2H,9H2. The van der Waals surface area contributed by atoms with Gasteiger partial charge in [0.25, 0.3) is 5.69 Å². The third-order valence-corrected chi connectivity index (χ3v) is 5.53. The minimum atomic E-state index is -0.779.